The van der Waals surface area contributed by atoms with E-state index < -0.39 is 84.4 Å². The van der Waals surface area contributed by atoms with Gasteiger partial charge in [-0.2, -0.15) is 0 Å². The molecule has 11 heteroatoms. The molecule has 0 N–H and O–H groups in total. The van der Waals surface area contributed by atoms with Gasteiger partial charge < -0.3 is 0 Å². The quantitative estimate of drug-likeness (QED) is 0.169. The van der Waals surface area contributed by atoms with Crippen molar-refractivity contribution in [2.75, 3.05) is 0 Å². The molecule has 32 heavy (non-hydrogen) atoms. The van der Waals surface area contributed by atoms with Crippen LogP contribution in [0.1, 0.15) is 22.2 Å². The summed E-state index contributed by atoms with van der Waals surface area (Å²) in [6, 6.07) is 7.93. The maximum atomic E-state index is 14.4. The Labute approximate surface area is 176 Å². The second-order valence-corrected chi connectivity index (χ2v) is 7.55. The van der Waals surface area contributed by atoms with Crippen LogP contribution >= 0.6 is 0 Å². The topological polar surface area (TPSA) is 0 Å². The summed E-state index contributed by atoms with van der Waals surface area (Å²) in [4.78, 5) is 0. The normalized spacial score (nSPS) is 11.7. The third-order valence-electron chi connectivity index (χ3n) is 4.40. The van der Waals surface area contributed by atoms with Gasteiger partial charge >= 0.3 is 0 Å². The molecule has 0 saturated carbocycles. The fourth-order valence-electron chi connectivity index (χ4n) is 2.87. The standard InChI is InChI=1S/C21H8F10Si/c22-11-9(12(23)16(27)19(30)15(11)26)21(32-7-6-8-4-2-1-3-5-8)10-13(24)17(28)20(31)18(29)14(10)25/h1-7,21H/b7-6-. The van der Waals surface area contributed by atoms with Crippen LogP contribution in [0.5, 0.6) is 0 Å². The van der Waals surface area contributed by atoms with E-state index in [0.29, 0.717) is 5.56 Å². The Balaban J connectivity index is 2.27. The van der Waals surface area contributed by atoms with Crippen molar-refractivity contribution in [2.24, 2.45) is 0 Å². The Bertz CT molecular complexity index is 1080. The van der Waals surface area contributed by atoms with Gasteiger partial charge in [0.1, 0.15) is 0 Å². The van der Waals surface area contributed by atoms with Crippen molar-refractivity contribution in [1.82, 2.24) is 0 Å². The summed E-state index contributed by atoms with van der Waals surface area (Å²) in [6.45, 7) is 0. The Morgan fingerprint density at radius 2 is 0.844 bits per heavy atom. The summed E-state index contributed by atoms with van der Waals surface area (Å²) in [5.41, 5.74) is -4.31. The molecule has 166 valence electrons. The van der Waals surface area contributed by atoms with Crippen LogP contribution < -0.4 is 0 Å². The van der Waals surface area contributed by atoms with Crippen LogP contribution in [0.25, 0.3) is 6.08 Å². The molecule has 0 nitrogen and oxygen atoms in total. The molecule has 0 spiro atoms. The SMILES string of the molecule is Fc1c(F)c(F)c(C([Si]/C=C\c2ccccc2)c2c(F)c(F)c(F)c(F)c2F)c(F)c1F. The number of benzene rings is 3. The van der Waals surface area contributed by atoms with Crippen LogP contribution in [0.3, 0.4) is 0 Å². The maximum absolute atomic E-state index is 14.4. The van der Waals surface area contributed by atoms with Gasteiger partial charge in [0, 0.05) is 16.7 Å². The number of halogens is 10. The van der Waals surface area contributed by atoms with Gasteiger partial charge in [-0.1, -0.05) is 42.1 Å². The first-order valence-corrected chi connectivity index (χ1v) is 9.73. The predicted octanol–water partition coefficient (Wildman–Crippen LogP) is 6.54. The Hall–Kier alpha value is -3.08. The molecule has 3 aromatic carbocycles. The first-order chi connectivity index (χ1) is 15.1. The molecule has 0 heterocycles. The summed E-state index contributed by atoms with van der Waals surface area (Å²) in [6.07, 6.45) is 1.28. The van der Waals surface area contributed by atoms with Crippen molar-refractivity contribution in [3.05, 3.63) is 111 Å². The van der Waals surface area contributed by atoms with Crippen LogP contribution in [-0.4, -0.2) is 9.52 Å². The van der Waals surface area contributed by atoms with Crippen LogP contribution in [0.2, 0.25) is 0 Å². The fraction of sp³-hybridized carbons (Fsp3) is 0.0476. The van der Waals surface area contributed by atoms with Crippen molar-refractivity contribution < 1.29 is 43.9 Å². The van der Waals surface area contributed by atoms with Crippen molar-refractivity contribution in [1.29, 1.82) is 0 Å². The van der Waals surface area contributed by atoms with Crippen molar-refractivity contribution in [3.63, 3.8) is 0 Å². The van der Waals surface area contributed by atoms with E-state index >= 15 is 0 Å². The van der Waals surface area contributed by atoms with Gasteiger partial charge in [0.25, 0.3) is 0 Å². The van der Waals surface area contributed by atoms with Gasteiger partial charge in [-0.05, 0) is 5.56 Å². The molecule has 0 unspecified atom stereocenters. The smallest absolute Gasteiger partial charge is 0.200 e. The molecular weight excluding hydrogens is 470 g/mol. The second-order valence-electron chi connectivity index (χ2n) is 6.31. The third kappa shape index (κ3) is 4.04. The van der Waals surface area contributed by atoms with Gasteiger partial charge in [-0.15, -0.1) is 0 Å². The monoisotopic (exact) mass is 478 g/mol. The van der Waals surface area contributed by atoms with Gasteiger partial charge in [0.05, 0.1) is 9.52 Å². The molecule has 0 aliphatic carbocycles. The summed E-state index contributed by atoms with van der Waals surface area (Å²) < 4.78 is 139. The van der Waals surface area contributed by atoms with E-state index in [2.05, 4.69) is 0 Å². The Morgan fingerprint density at radius 3 is 1.22 bits per heavy atom. The molecule has 0 amide bonds. The van der Waals surface area contributed by atoms with Gasteiger partial charge in [-0.3, -0.25) is 0 Å². The van der Waals surface area contributed by atoms with Crippen LogP contribution in [0.15, 0.2) is 36.0 Å². The molecule has 0 saturated heterocycles. The van der Waals surface area contributed by atoms with E-state index in [1.165, 1.54) is 6.08 Å². The van der Waals surface area contributed by atoms with Crippen LogP contribution in [-0.2, 0) is 0 Å². The minimum absolute atomic E-state index is 0.480. The highest BCUT2D eigenvalue weighted by Crippen LogP contribution is 2.37. The summed E-state index contributed by atoms with van der Waals surface area (Å²) in [7, 11) is -1.18. The molecule has 0 aliphatic rings. The fourth-order valence-corrected chi connectivity index (χ4v) is 4.19. The lowest BCUT2D eigenvalue weighted by Gasteiger charge is -2.20. The van der Waals surface area contributed by atoms with Crippen molar-refractivity contribution >= 4 is 15.6 Å². The van der Waals surface area contributed by atoms with Gasteiger partial charge in [0.2, 0.25) is 11.6 Å². The first kappa shape index (κ1) is 23.6. The molecule has 0 aliphatic heterocycles. The van der Waals surface area contributed by atoms with E-state index in [1.54, 1.807) is 30.3 Å². The number of rotatable bonds is 5. The van der Waals surface area contributed by atoms with Gasteiger partial charge in [-0.25, -0.2) is 43.9 Å². The first-order valence-electron chi connectivity index (χ1n) is 8.58. The summed E-state index contributed by atoms with van der Waals surface area (Å²) in [5.74, 6) is -24.6. The van der Waals surface area contributed by atoms with E-state index in [0.717, 1.165) is 5.70 Å². The lowest BCUT2D eigenvalue weighted by atomic mass is 10.00. The highest BCUT2D eigenvalue weighted by molar-refractivity contribution is 6.46. The van der Waals surface area contributed by atoms with Crippen LogP contribution in [0, 0.1) is 58.2 Å². The van der Waals surface area contributed by atoms with E-state index in [1.807, 2.05) is 0 Å². The minimum atomic E-state index is -2.54. The molecular formula is C21H8F10Si. The van der Waals surface area contributed by atoms with Gasteiger partial charge in [0.15, 0.2) is 46.5 Å². The average molecular weight is 478 g/mol. The largest absolute Gasteiger partial charge is 0.203 e. The second kappa shape index (κ2) is 9.19. The van der Waals surface area contributed by atoms with Crippen molar-refractivity contribution in [2.45, 2.75) is 5.54 Å². The lowest BCUT2D eigenvalue weighted by molar-refractivity contribution is 0.361. The zero-order chi connectivity index (χ0) is 23.7. The molecule has 0 atom stereocenters. The van der Waals surface area contributed by atoms with Crippen LogP contribution in [0.4, 0.5) is 43.9 Å². The molecule has 0 aromatic heterocycles. The molecule has 3 rings (SSSR count). The highest BCUT2D eigenvalue weighted by atomic mass is 28.2. The van der Waals surface area contributed by atoms with E-state index in [9.17, 15) is 43.9 Å². The Kier molecular flexibility index (Phi) is 6.77. The van der Waals surface area contributed by atoms with E-state index in [-0.39, 0.29) is 0 Å². The predicted molar refractivity (Wildman–Crippen MR) is 95.5 cm³/mol. The lowest BCUT2D eigenvalue weighted by Crippen LogP contribution is -2.21. The highest BCUT2D eigenvalue weighted by Gasteiger charge is 2.37. The molecule has 0 bridgehead atoms. The molecule has 0 fully saturated rings. The molecule has 3 aromatic rings. The average Bonchev–Trinajstić information content (AvgIpc) is 2.79. The number of hydrogen-bond acceptors (Lipinski definition) is 0. The third-order valence-corrected chi connectivity index (χ3v) is 5.67. The zero-order valence-electron chi connectivity index (χ0n) is 15.4. The van der Waals surface area contributed by atoms with E-state index in [4.69, 9.17) is 0 Å². The summed E-state index contributed by atoms with van der Waals surface area (Å²) >= 11 is 0. The maximum Gasteiger partial charge on any atom is 0.200 e. The minimum Gasteiger partial charge on any atom is -0.203 e. The zero-order valence-corrected chi connectivity index (χ0v) is 16.4. The Morgan fingerprint density at radius 1 is 0.500 bits per heavy atom. The summed E-state index contributed by atoms with van der Waals surface area (Å²) in [5, 5.41) is 0. The van der Waals surface area contributed by atoms with Crippen molar-refractivity contribution in [3.8, 4) is 0 Å². The number of hydrogen-bond donors (Lipinski definition) is 0. The molecule has 2 radical (unpaired) electrons.